The zero-order chi connectivity index (χ0) is 10.8. The Morgan fingerprint density at radius 1 is 1.57 bits per heavy atom. The molecule has 0 aliphatic carbocycles. The Morgan fingerprint density at radius 3 is 2.57 bits per heavy atom. The first kappa shape index (κ1) is 11.7. The van der Waals surface area contributed by atoms with Crippen LogP contribution in [0.25, 0.3) is 0 Å². The third-order valence-corrected chi connectivity index (χ3v) is 3.63. The van der Waals surface area contributed by atoms with E-state index in [1.54, 1.807) is 0 Å². The molecule has 0 aromatic heterocycles. The Labute approximate surface area is 83.9 Å². The Hall–Kier alpha value is -0.390. The van der Waals surface area contributed by atoms with Gasteiger partial charge in [0.15, 0.2) is 0 Å². The van der Waals surface area contributed by atoms with Crippen molar-refractivity contribution < 1.29 is 23.1 Å². The van der Waals surface area contributed by atoms with E-state index in [0.29, 0.717) is 6.42 Å². The van der Waals surface area contributed by atoms with Crippen LogP contribution in [0.3, 0.4) is 0 Å². The van der Waals surface area contributed by atoms with Crippen molar-refractivity contribution in [1.29, 1.82) is 0 Å². The SMILES string of the molecule is O=C([O-])[C@H](C[C@@H]1CCCS1)C(F)(F)F. The third-order valence-electron chi connectivity index (χ3n) is 2.20. The van der Waals surface area contributed by atoms with Gasteiger partial charge in [0, 0.05) is 5.25 Å². The number of aliphatic carboxylic acids is 1. The summed E-state index contributed by atoms with van der Waals surface area (Å²) < 4.78 is 36.6. The Kier molecular flexibility index (Phi) is 3.69. The largest absolute Gasteiger partial charge is 0.550 e. The van der Waals surface area contributed by atoms with Crippen molar-refractivity contribution in [3.63, 3.8) is 0 Å². The highest BCUT2D eigenvalue weighted by atomic mass is 32.2. The maximum atomic E-state index is 12.2. The van der Waals surface area contributed by atoms with Gasteiger partial charge in [-0.25, -0.2) is 0 Å². The van der Waals surface area contributed by atoms with E-state index in [4.69, 9.17) is 0 Å². The zero-order valence-corrected chi connectivity index (χ0v) is 8.16. The van der Waals surface area contributed by atoms with Crippen LogP contribution in [0.2, 0.25) is 0 Å². The average molecular weight is 227 g/mol. The Bertz CT molecular complexity index is 211. The number of hydrogen-bond acceptors (Lipinski definition) is 3. The Morgan fingerprint density at radius 2 is 2.21 bits per heavy atom. The van der Waals surface area contributed by atoms with Gasteiger partial charge >= 0.3 is 6.18 Å². The standard InChI is InChI=1S/C8H11F3O2S/c9-8(10,11)6(7(12)13)4-5-2-1-3-14-5/h5-6H,1-4H2,(H,12,13)/p-1/t5-,6-/m0/s1. The summed E-state index contributed by atoms with van der Waals surface area (Å²) in [7, 11) is 0. The lowest BCUT2D eigenvalue weighted by molar-refractivity contribution is -0.326. The molecule has 2 atom stereocenters. The predicted octanol–water partition coefficient (Wildman–Crippen LogP) is 1.20. The molecule has 1 fully saturated rings. The van der Waals surface area contributed by atoms with Crippen LogP contribution < -0.4 is 5.11 Å². The van der Waals surface area contributed by atoms with Crippen molar-refractivity contribution in [2.45, 2.75) is 30.7 Å². The monoisotopic (exact) mass is 227 g/mol. The van der Waals surface area contributed by atoms with Gasteiger partial charge in [-0.1, -0.05) is 0 Å². The number of carboxylic acid groups (broad SMARTS) is 1. The first-order valence-corrected chi connectivity index (χ1v) is 5.35. The molecule has 0 radical (unpaired) electrons. The maximum Gasteiger partial charge on any atom is 0.396 e. The smallest absolute Gasteiger partial charge is 0.396 e. The number of carbonyl (C=O) groups excluding carboxylic acids is 1. The summed E-state index contributed by atoms with van der Waals surface area (Å²) in [4.78, 5) is 10.3. The summed E-state index contributed by atoms with van der Waals surface area (Å²) in [6.07, 6.45) is -3.49. The van der Waals surface area contributed by atoms with Crippen LogP contribution in [-0.2, 0) is 4.79 Å². The summed E-state index contributed by atoms with van der Waals surface area (Å²) in [6.45, 7) is 0. The van der Waals surface area contributed by atoms with Crippen LogP contribution in [0.4, 0.5) is 13.2 Å². The number of carboxylic acids is 1. The van der Waals surface area contributed by atoms with Crippen molar-refractivity contribution in [2.75, 3.05) is 5.75 Å². The van der Waals surface area contributed by atoms with Crippen LogP contribution in [0.1, 0.15) is 19.3 Å². The summed E-state index contributed by atoms with van der Waals surface area (Å²) >= 11 is 1.41. The zero-order valence-electron chi connectivity index (χ0n) is 7.34. The lowest BCUT2D eigenvalue weighted by atomic mass is 10.0. The number of rotatable bonds is 3. The fraction of sp³-hybridized carbons (Fsp3) is 0.875. The highest BCUT2D eigenvalue weighted by molar-refractivity contribution is 8.00. The summed E-state index contributed by atoms with van der Waals surface area (Å²) in [5.41, 5.74) is 0. The normalized spacial score (nSPS) is 24.9. The van der Waals surface area contributed by atoms with Gasteiger partial charge in [0.2, 0.25) is 0 Å². The molecule has 0 aromatic carbocycles. The molecule has 0 spiro atoms. The molecule has 82 valence electrons. The fourth-order valence-corrected chi connectivity index (χ4v) is 2.79. The van der Waals surface area contributed by atoms with Gasteiger partial charge in [0.25, 0.3) is 0 Å². The summed E-state index contributed by atoms with van der Waals surface area (Å²) in [5, 5.41) is 10.1. The topological polar surface area (TPSA) is 40.1 Å². The number of alkyl halides is 3. The van der Waals surface area contributed by atoms with Gasteiger partial charge < -0.3 is 9.90 Å². The van der Waals surface area contributed by atoms with Crippen molar-refractivity contribution >= 4 is 17.7 Å². The minimum absolute atomic E-state index is 0.181. The minimum atomic E-state index is -4.68. The van der Waals surface area contributed by atoms with E-state index in [1.165, 1.54) is 11.8 Å². The van der Waals surface area contributed by atoms with Crippen molar-refractivity contribution in [3.8, 4) is 0 Å². The third kappa shape index (κ3) is 3.08. The first-order chi connectivity index (χ1) is 6.41. The van der Waals surface area contributed by atoms with Crippen LogP contribution in [-0.4, -0.2) is 23.1 Å². The molecule has 0 unspecified atom stereocenters. The molecule has 0 aromatic rings. The molecule has 0 bridgehead atoms. The molecule has 1 heterocycles. The van der Waals surface area contributed by atoms with Crippen LogP contribution in [0.5, 0.6) is 0 Å². The first-order valence-electron chi connectivity index (χ1n) is 4.30. The van der Waals surface area contributed by atoms with Crippen molar-refractivity contribution in [3.05, 3.63) is 0 Å². The fourth-order valence-electron chi connectivity index (χ4n) is 1.46. The van der Waals surface area contributed by atoms with E-state index in [2.05, 4.69) is 0 Å². The van der Waals surface area contributed by atoms with Gasteiger partial charge in [-0.05, 0) is 25.0 Å². The molecular weight excluding hydrogens is 217 g/mol. The number of thioether (sulfide) groups is 1. The second-order valence-electron chi connectivity index (χ2n) is 3.28. The van der Waals surface area contributed by atoms with E-state index >= 15 is 0 Å². The van der Waals surface area contributed by atoms with E-state index < -0.39 is 18.1 Å². The molecular formula is C8H10F3O2S-. The molecule has 14 heavy (non-hydrogen) atoms. The Balaban J connectivity index is 2.55. The van der Waals surface area contributed by atoms with Gasteiger partial charge in [0.1, 0.15) is 0 Å². The van der Waals surface area contributed by atoms with Crippen LogP contribution in [0.15, 0.2) is 0 Å². The average Bonchev–Trinajstić information content (AvgIpc) is 2.48. The van der Waals surface area contributed by atoms with E-state index in [9.17, 15) is 23.1 Å². The second-order valence-corrected chi connectivity index (χ2v) is 4.69. The number of halogens is 3. The van der Waals surface area contributed by atoms with E-state index in [1.807, 2.05) is 0 Å². The molecule has 1 saturated heterocycles. The van der Waals surface area contributed by atoms with Crippen LogP contribution >= 0.6 is 11.8 Å². The molecule has 0 amide bonds. The van der Waals surface area contributed by atoms with Crippen LogP contribution in [0, 0.1) is 5.92 Å². The number of hydrogen-bond donors (Lipinski definition) is 0. The molecule has 1 aliphatic heterocycles. The van der Waals surface area contributed by atoms with E-state index in [-0.39, 0.29) is 11.7 Å². The van der Waals surface area contributed by atoms with Gasteiger partial charge in [-0.15, -0.1) is 0 Å². The molecule has 6 heteroatoms. The molecule has 1 aliphatic rings. The molecule has 2 nitrogen and oxygen atoms in total. The highest BCUT2D eigenvalue weighted by Gasteiger charge is 2.42. The summed E-state index contributed by atoms with van der Waals surface area (Å²) in [5.74, 6) is -3.49. The summed E-state index contributed by atoms with van der Waals surface area (Å²) in [6, 6.07) is 0. The lowest BCUT2D eigenvalue weighted by Crippen LogP contribution is -2.41. The molecule has 1 rings (SSSR count). The van der Waals surface area contributed by atoms with E-state index in [0.717, 1.165) is 12.2 Å². The van der Waals surface area contributed by atoms with Gasteiger partial charge in [0.05, 0.1) is 11.9 Å². The molecule has 0 N–H and O–H groups in total. The predicted molar refractivity (Wildman–Crippen MR) is 44.6 cm³/mol. The molecule has 0 saturated carbocycles. The van der Waals surface area contributed by atoms with Crippen molar-refractivity contribution in [2.24, 2.45) is 5.92 Å². The van der Waals surface area contributed by atoms with Crippen molar-refractivity contribution in [1.82, 2.24) is 0 Å². The quantitative estimate of drug-likeness (QED) is 0.727. The minimum Gasteiger partial charge on any atom is -0.550 e. The second kappa shape index (κ2) is 4.42. The highest BCUT2D eigenvalue weighted by Crippen LogP contribution is 2.36. The number of carbonyl (C=O) groups is 1. The van der Waals surface area contributed by atoms with Gasteiger partial charge in [-0.3, -0.25) is 0 Å². The van der Waals surface area contributed by atoms with Gasteiger partial charge in [-0.2, -0.15) is 24.9 Å². The lowest BCUT2D eigenvalue weighted by Gasteiger charge is -2.23. The maximum absolute atomic E-state index is 12.2.